The maximum Gasteiger partial charge on any atom is 0.335 e. The lowest BCUT2D eigenvalue weighted by Crippen LogP contribution is -2.14. The SMILES string of the molecule is Cc1ccc(-n2[nH]c(C)c(N=Nc3cccc(-c4cccc(C(=O)O)c4)c3)c2=O)cc1C. The van der Waals surface area contributed by atoms with Crippen molar-refractivity contribution in [2.24, 2.45) is 10.2 Å². The molecule has 0 saturated carbocycles. The number of aromatic carboxylic acids is 1. The standard InChI is InChI=1S/C25H22N4O3/c1-15-10-11-22(12-16(15)2)29-24(30)23(17(3)28-29)27-26-21-9-5-7-19(14-21)18-6-4-8-20(13-18)25(31)32/h4-14,28H,1-3H3,(H,31,32). The van der Waals surface area contributed by atoms with Crippen molar-refractivity contribution in [1.29, 1.82) is 0 Å². The summed E-state index contributed by atoms with van der Waals surface area (Å²) in [6.07, 6.45) is 0. The Morgan fingerprint density at radius 1 is 0.875 bits per heavy atom. The van der Waals surface area contributed by atoms with Crippen LogP contribution in [0.15, 0.2) is 81.8 Å². The van der Waals surface area contributed by atoms with Gasteiger partial charge in [-0.15, -0.1) is 5.11 Å². The molecule has 0 aliphatic rings. The van der Waals surface area contributed by atoms with E-state index in [1.54, 1.807) is 37.3 Å². The number of aromatic nitrogens is 2. The lowest BCUT2D eigenvalue weighted by Gasteiger charge is -2.05. The van der Waals surface area contributed by atoms with Gasteiger partial charge in [0.15, 0.2) is 5.69 Å². The summed E-state index contributed by atoms with van der Waals surface area (Å²) in [4.78, 5) is 24.2. The van der Waals surface area contributed by atoms with Crippen LogP contribution in [-0.2, 0) is 0 Å². The molecular weight excluding hydrogens is 404 g/mol. The molecule has 160 valence electrons. The molecule has 4 rings (SSSR count). The van der Waals surface area contributed by atoms with Crippen LogP contribution < -0.4 is 5.56 Å². The first-order valence-corrected chi connectivity index (χ1v) is 10.1. The molecule has 4 aromatic rings. The molecule has 7 nitrogen and oxygen atoms in total. The van der Waals surface area contributed by atoms with Crippen LogP contribution in [-0.4, -0.2) is 20.9 Å². The van der Waals surface area contributed by atoms with Gasteiger partial charge in [-0.2, -0.15) is 5.11 Å². The summed E-state index contributed by atoms with van der Waals surface area (Å²) >= 11 is 0. The number of H-pyrrole nitrogens is 1. The summed E-state index contributed by atoms with van der Waals surface area (Å²) in [7, 11) is 0. The molecule has 3 aromatic carbocycles. The number of carboxylic acid groups (broad SMARTS) is 1. The van der Waals surface area contributed by atoms with E-state index >= 15 is 0 Å². The first-order valence-electron chi connectivity index (χ1n) is 10.1. The molecule has 0 spiro atoms. The molecule has 0 aliphatic carbocycles. The average molecular weight is 426 g/mol. The van der Waals surface area contributed by atoms with Crippen LogP contribution >= 0.6 is 0 Å². The van der Waals surface area contributed by atoms with Crippen molar-refractivity contribution in [1.82, 2.24) is 9.78 Å². The second kappa shape index (κ2) is 8.47. The largest absolute Gasteiger partial charge is 0.478 e. The third-order valence-electron chi connectivity index (χ3n) is 5.34. The van der Waals surface area contributed by atoms with Crippen LogP contribution in [0.3, 0.4) is 0 Å². The van der Waals surface area contributed by atoms with E-state index in [1.807, 2.05) is 50.2 Å². The molecule has 0 fully saturated rings. The Hall–Kier alpha value is -4.26. The fourth-order valence-corrected chi connectivity index (χ4v) is 3.39. The predicted molar refractivity (Wildman–Crippen MR) is 124 cm³/mol. The summed E-state index contributed by atoms with van der Waals surface area (Å²) in [5, 5.41) is 20.7. The molecule has 0 amide bonds. The van der Waals surface area contributed by atoms with Crippen LogP contribution in [0.4, 0.5) is 11.4 Å². The molecule has 1 heterocycles. The Morgan fingerprint density at radius 3 is 2.31 bits per heavy atom. The van der Waals surface area contributed by atoms with E-state index in [1.165, 1.54) is 4.68 Å². The number of azo groups is 1. The number of aromatic amines is 1. The van der Waals surface area contributed by atoms with Crippen LogP contribution in [0.1, 0.15) is 27.2 Å². The highest BCUT2D eigenvalue weighted by atomic mass is 16.4. The number of nitrogens with one attached hydrogen (secondary N) is 1. The summed E-state index contributed by atoms with van der Waals surface area (Å²) in [5.41, 5.74) is 5.89. The number of rotatable bonds is 5. The van der Waals surface area contributed by atoms with Crippen molar-refractivity contribution < 1.29 is 9.90 Å². The van der Waals surface area contributed by atoms with E-state index in [2.05, 4.69) is 15.3 Å². The Balaban J connectivity index is 1.66. The Kier molecular flexibility index (Phi) is 5.55. The van der Waals surface area contributed by atoms with Crippen molar-refractivity contribution in [3.8, 4) is 16.8 Å². The van der Waals surface area contributed by atoms with Gasteiger partial charge in [0.2, 0.25) is 0 Å². The number of aryl methyl sites for hydroxylation is 3. The average Bonchev–Trinajstić information content (AvgIpc) is 3.07. The normalized spacial score (nSPS) is 11.2. The highest BCUT2D eigenvalue weighted by molar-refractivity contribution is 5.89. The predicted octanol–water partition coefficient (Wildman–Crippen LogP) is 5.87. The minimum Gasteiger partial charge on any atom is -0.478 e. The fourth-order valence-electron chi connectivity index (χ4n) is 3.39. The molecule has 32 heavy (non-hydrogen) atoms. The number of hydrogen-bond donors (Lipinski definition) is 2. The fraction of sp³-hybridized carbons (Fsp3) is 0.120. The van der Waals surface area contributed by atoms with Gasteiger partial charge in [0.05, 0.1) is 22.6 Å². The molecular formula is C25H22N4O3. The van der Waals surface area contributed by atoms with E-state index in [4.69, 9.17) is 0 Å². The second-order valence-electron chi connectivity index (χ2n) is 7.63. The minimum absolute atomic E-state index is 0.212. The van der Waals surface area contributed by atoms with Crippen molar-refractivity contribution in [2.75, 3.05) is 0 Å². The number of carboxylic acids is 1. The summed E-state index contributed by atoms with van der Waals surface area (Å²) in [6.45, 7) is 5.80. The number of nitrogens with zero attached hydrogens (tertiary/aromatic N) is 3. The van der Waals surface area contributed by atoms with Crippen LogP contribution in [0.25, 0.3) is 16.8 Å². The van der Waals surface area contributed by atoms with Crippen molar-refractivity contribution in [3.05, 3.63) is 99.5 Å². The zero-order valence-electron chi connectivity index (χ0n) is 18.0. The van der Waals surface area contributed by atoms with E-state index in [-0.39, 0.29) is 16.8 Å². The minimum atomic E-state index is -0.981. The van der Waals surface area contributed by atoms with Gasteiger partial charge in [0.1, 0.15) is 0 Å². The highest BCUT2D eigenvalue weighted by Gasteiger charge is 2.13. The zero-order valence-corrected chi connectivity index (χ0v) is 18.0. The van der Waals surface area contributed by atoms with Crippen LogP contribution in [0.2, 0.25) is 0 Å². The first kappa shape index (κ1) is 21.0. The summed E-state index contributed by atoms with van der Waals surface area (Å²) in [5.74, 6) is -0.981. The van der Waals surface area contributed by atoms with Gasteiger partial charge in [-0.1, -0.05) is 30.3 Å². The van der Waals surface area contributed by atoms with E-state index < -0.39 is 5.97 Å². The molecule has 0 saturated heterocycles. The third-order valence-corrected chi connectivity index (χ3v) is 5.34. The molecule has 7 heteroatoms. The lowest BCUT2D eigenvalue weighted by atomic mass is 10.0. The van der Waals surface area contributed by atoms with Crippen molar-refractivity contribution in [3.63, 3.8) is 0 Å². The van der Waals surface area contributed by atoms with E-state index in [0.717, 1.165) is 27.9 Å². The highest BCUT2D eigenvalue weighted by Crippen LogP contribution is 2.26. The Labute approximate surface area is 184 Å². The molecule has 1 aromatic heterocycles. The summed E-state index contributed by atoms with van der Waals surface area (Å²) < 4.78 is 1.46. The molecule has 0 atom stereocenters. The first-order chi connectivity index (χ1) is 15.3. The van der Waals surface area contributed by atoms with E-state index in [9.17, 15) is 14.7 Å². The number of hydrogen-bond acceptors (Lipinski definition) is 4. The lowest BCUT2D eigenvalue weighted by molar-refractivity contribution is 0.0697. The maximum atomic E-state index is 12.9. The van der Waals surface area contributed by atoms with Crippen molar-refractivity contribution in [2.45, 2.75) is 20.8 Å². The van der Waals surface area contributed by atoms with Gasteiger partial charge in [0, 0.05) is 0 Å². The topological polar surface area (TPSA) is 99.8 Å². The number of carbonyl (C=O) groups is 1. The summed E-state index contributed by atoms with van der Waals surface area (Å²) in [6, 6.07) is 19.8. The maximum absolute atomic E-state index is 12.9. The Morgan fingerprint density at radius 2 is 1.59 bits per heavy atom. The molecule has 0 aliphatic heterocycles. The third kappa shape index (κ3) is 4.13. The zero-order chi connectivity index (χ0) is 22.8. The van der Waals surface area contributed by atoms with Crippen LogP contribution in [0, 0.1) is 20.8 Å². The monoisotopic (exact) mass is 426 g/mol. The number of benzene rings is 3. The molecule has 0 unspecified atom stereocenters. The van der Waals surface area contributed by atoms with Gasteiger partial charge in [0.25, 0.3) is 5.56 Å². The van der Waals surface area contributed by atoms with Gasteiger partial charge >= 0.3 is 5.97 Å². The van der Waals surface area contributed by atoms with Gasteiger partial charge in [-0.3, -0.25) is 9.89 Å². The van der Waals surface area contributed by atoms with Crippen molar-refractivity contribution >= 4 is 17.3 Å². The Bertz CT molecular complexity index is 1410. The molecule has 2 N–H and O–H groups in total. The smallest absolute Gasteiger partial charge is 0.335 e. The molecule has 0 radical (unpaired) electrons. The van der Waals surface area contributed by atoms with Gasteiger partial charge in [-0.05, 0) is 79.4 Å². The molecule has 0 bridgehead atoms. The van der Waals surface area contributed by atoms with Gasteiger partial charge < -0.3 is 5.11 Å². The second-order valence-corrected chi connectivity index (χ2v) is 7.63. The quantitative estimate of drug-likeness (QED) is 0.390. The van der Waals surface area contributed by atoms with E-state index in [0.29, 0.717) is 11.4 Å². The van der Waals surface area contributed by atoms with Crippen LogP contribution in [0.5, 0.6) is 0 Å². The van der Waals surface area contributed by atoms with Gasteiger partial charge in [-0.25, -0.2) is 9.48 Å².